The minimum absolute atomic E-state index is 0.0145. The van der Waals surface area contributed by atoms with Crippen molar-refractivity contribution in [3.63, 3.8) is 0 Å². The van der Waals surface area contributed by atoms with Gasteiger partial charge in [0.25, 0.3) is 14.7 Å². The van der Waals surface area contributed by atoms with Gasteiger partial charge in [-0.15, -0.1) is 0 Å². The average Bonchev–Trinajstić information content (AvgIpc) is 3.19. The Bertz CT molecular complexity index is 2730. The number of phenols is 1. The summed E-state index contributed by atoms with van der Waals surface area (Å²) >= 11 is 0. The van der Waals surface area contributed by atoms with Crippen LogP contribution in [0.25, 0.3) is 33.4 Å². The molecule has 0 fully saturated rings. The van der Waals surface area contributed by atoms with Crippen molar-refractivity contribution in [1.29, 1.82) is 0 Å². The van der Waals surface area contributed by atoms with Crippen LogP contribution in [-0.2, 0) is 26.0 Å². The lowest BCUT2D eigenvalue weighted by Gasteiger charge is -2.32. The maximum Gasteiger partial charge on any atom is 0.463 e. The third-order valence-corrected chi connectivity index (χ3v) is 16.8. The topological polar surface area (TPSA) is 108 Å². The molecule has 0 saturated carbocycles. The Morgan fingerprint density at radius 3 is 1.24 bits per heavy atom. The highest BCUT2D eigenvalue weighted by molar-refractivity contribution is 7.67. The zero-order valence-corrected chi connectivity index (χ0v) is 31.8. The normalized spacial score (nSPS) is 21.1. The number of aromatic hydroxyl groups is 1. The molecule has 0 aliphatic carbocycles. The van der Waals surface area contributed by atoms with Gasteiger partial charge in [-0.1, -0.05) is 109 Å². The molecular weight excluding hydrogens is 749 g/mol. The number of para-hydroxylation sites is 3. The predicted molar refractivity (Wildman–Crippen MR) is 215 cm³/mol. The van der Waals surface area contributed by atoms with Gasteiger partial charge in [0.1, 0.15) is 28.7 Å². The number of fused-ring (bicyclic) bond motifs is 9. The van der Waals surface area contributed by atoms with E-state index in [1.54, 1.807) is 60.7 Å². The van der Waals surface area contributed by atoms with Crippen molar-refractivity contribution in [2.45, 2.75) is 12.3 Å². The van der Waals surface area contributed by atoms with E-state index in [1.165, 1.54) is 12.1 Å². The average molecular weight is 781 g/mol. The molecule has 0 bridgehead atoms. The summed E-state index contributed by atoms with van der Waals surface area (Å²) in [6, 6.07) is 46.8. The van der Waals surface area contributed by atoms with Gasteiger partial charge in [0.2, 0.25) is 0 Å². The SMILES string of the molecule is O=P1(Cc2cc(O)cc(CP3(=O)Oc4ccccc4-c4ccccc43)c2OP2(=O)Oc3ccccc3-c3ccccc32)Oc2ccccc2-c2ccccc21. The lowest BCUT2D eigenvalue weighted by atomic mass is 10.0. The van der Waals surface area contributed by atoms with E-state index in [0.29, 0.717) is 38.7 Å². The first-order valence-corrected chi connectivity index (χ1v) is 22.9. The molecule has 0 amide bonds. The second kappa shape index (κ2) is 12.6. The highest BCUT2D eigenvalue weighted by Gasteiger charge is 2.44. The van der Waals surface area contributed by atoms with E-state index in [1.807, 2.05) is 84.9 Å². The predicted octanol–water partition coefficient (Wildman–Crippen LogP) is 10.7. The Hall–Kier alpha value is -5.77. The molecule has 8 nitrogen and oxygen atoms in total. The van der Waals surface area contributed by atoms with E-state index in [9.17, 15) is 5.11 Å². The molecule has 3 heterocycles. The highest BCUT2D eigenvalue weighted by Crippen LogP contribution is 2.63. The molecule has 3 atom stereocenters. The van der Waals surface area contributed by atoms with Crippen LogP contribution in [0.15, 0.2) is 158 Å². The molecular formula is C44H31O8P3. The van der Waals surface area contributed by atoms with Gasteiger partial charge in [-0.2, -0.15) is 0 Å². The Labute approximate surface area is 317 Å². The molecule has 7 aromatic rings. The first-order valence-electron chi connectivity index (χ1n) is 17.7. The number of phenolic OH excluding ortho intramolecular Hbond substituents is 1. The zero-order chi connectivity index (χ0) is 37.4. The smallest absolute Gasteiger partial charge is 0.463 e. The van der Waals surface area contributed by atoms with Crippen LogP contribution in [-0.4, -0.2) is 5.11 Å². The van der Waals surface area contributed by atoms with E-state index in [2.05, 4.69) is 0 Å². The zero-order valence-electron chi connectivity index (χ0n) is 29.1. The molecule has 11 heteroatoms. The summed E-state index contributed by atoms with van der Waals surface area (Å²) in [7, 11) is -11.9. The number of benzene rings is 7. The van der Waals surface area contributed by atoms with Gasteiger partial charge in [0.05, 0.1) is 28.2 Å². The Morgan fingerprint density at radius 2 is 0.782 bits per heavy atom. The van der Waals surface area contributed by atoms with Crippen molar-refractivity contribution in [1.82, 2.24) is 0 Å². The summed E-state index contributed by atoms with van der Waals surface area (Å²) in [6.07, 6.45) is -0.504. The fourth-order valence-corrected chi connectivity index (χ4v) is 14.4. The molecule has 1 N–H and O–H groups in total. The minimum Gasteiger partial charge on any atom is -0.508 e. The van der Waals surface area contributed by atoms with Gasteiger partial charge in [0.15, 0.2) is 0 Å². The Kier molecular flexibility index (Phi) is 7.77. The lowest BCUT2D eigenvalue weighted by molar-refractivity contribution is 0.393. The number of hydrogen-bond donors (Lipinski definition) is 1. The Morgan fingerprint density at radius 1 is 0.436 bits per heavy atom. The van der Waals surface area contributed by atoms with E-state index in [4.69, 9.17) is 18.1 Å². The quantitative estimate of drug-likeness (QED) is 0.166. The summed E-state index contributed by atoms with van der Waals surface area (Å²) in [4.78, 5) is 0. The van der Waals surface area contributed by atoms with Gasteiger partial charge in [0, 0.05) is 33.4 Å². The summed E-state index contributed by atoms with van der Waals surface area (Å²) in [5.41, 5.74) is 5.04. The lowest BCUT2D eigenvalue weighted by Crippen LogP contribution is -2.23. The number of hydrogen-bond acceptors (Lipinski definition) is 8. The van der Waals surface area contributed by atoms with Crippen molar-refractivity contribution < 1.29 is 36.9 Å². The summed E-state index contributed by atoms with van der Waals surface area (Å²) < 4.78 is 71.7. The molecule has 3 unspecified atom stereocenters. The molecule has 0 saturated heterocycles. The molecule has 270 valence electrons. The van der Waals surface area contributed by atoms with E-state index in [-0.39, 0.29) is 34.9 Å². The van der Waals surface area contributed by atoms with Crippen LogP contribution in [0.2, 0.25) is 0 Å². The molecule has 7 aromatic carbocycles. The van der Waals surface area contributed by atoms with Crippen LogP contribution in [0.1, 0.15) is 11.1 Å². The number of rotatable bonds is 6. The second-order valence-corrected chi connectivity index (χ2v) is 20.2. The third-order valence-electron chi connectivity index (χ3n) is 10.2. The van der Waals surface area contributed by atoms with Gasteiger partial charge < -0.3 is 23.2 Å². The van der Waals surface area contributed by atoms with Crippen molar-refractivity contribution >= 4 is 38.2 Å². The van der Waals surface area contributed by atoms with Crippen LogP contribution in [0.5, 0.6) is 28.7 Å². The molecule has 55 heavy (non-hydrogen) atoms. The summed E-state index contributed by atoms with van der Waals surface area (Å²) in [5, 5.41) is 12.7. The molecule has 3 aliphatic heterocycles. The monoisotopic (exact) mass is 780 g/mol. The van der Waals surface area contributed by atoms with E-state index in [0.717, 1.165) is 27.8 Å². The van der Waals surface area contributed by atoms with E-state index < -0.39 is 22.3 Å². The standard InChI is InChI=1S/C44H31O8P3/c45-31-25-29(27-53(46)41-22-10-4-16-35(41)32-13-1-7-19-38(32)49-53)44(52-55(48)43-24-12-6-18-37(43)34-15-3-9-21-40(34)51-55)30(26-31)28-54(47)42-23-11-5-17-36(42)33-14-2-8-20-39(33)50-54/h1-26,45H,27-28H2. The van der Waals surface area contributed by atoms with Crippen LogP contribution in [0, 0.1) is 0 Å². The van der Waals surface area contributed by atoms with Gasteiger partial charge in [-0.05, 0) is 59.7 Å². The van der Waals surface area contributed by atoms with Crippen LogP contribution in [0.4, 0.5) is 0 Å². The third kappa shape index (κ3) is 5.55. The van der Waals surface area contributed by atoms with Crippen LogP contribution in [0.3, 0.4) is 0 Å². The highest BCUT2D eigenvalue weighted by atomic mass is 31.2. The fraction of sp³-hybridized carbons (Fsp3) is 0.0455. The summed E-state index contributed by atoms with van der Waals surface area (Å²) in [6.45, 7) is 0. The molecule has 0 radical (unpaired) electrons. The van der Waals surface area contributed by atoms with Gasteiger partial charge in [-0.25, -0.2) is 4.57 Å². The Balaban J connectivity index is 1.16. The maximum absolute atomic E-state index is 15.3. The first kappa shape index (κ1) is 33.8. The maximum atomic E-state index is 15.3. The van der Waals surface area contributed by atoms with Crippen LogP contribution < -0.4 is 34.0 Å². The second-order valence-electron chi connectivity index (χ2n) is 13.7. The molecule has 3 aliphatic rings. The largest absolute Gasteiger partial charge is 0.508 e. The van der Waals surface area contributed by atoms with Gasteiger partial charge >= 0.3 is 7.60 Å². The van der Waals surface area contributed by atoms with Gasteiger partial charge in [-0.3, -0.25) is 9.13 Å². The summed E-state index contributed by atoms with van der Waals surface area (Å²) in [5.74, 6) is 1.10. The fourth-order valence-electron chi connectivity index (χ4n) is 7.80. The van der Waals surface area contributed by atoms with Crippen LogP contribution >= 0.6 is 22.3 Å². The minimum atomic E-state index is -4.26. The molecule has 10 rings (SSSR count). The molecule has 0 spiro atoms. The van der Waals surface area contributed by atoms with Crippen molar-refractivity contribution in [3.8, 4) is 62.1 Å². The van der Waals surface area contributed by atoms with Crippen molar-refractivity contribution in [3.05, 3.63) is 169 Å². The van der Waals surface area contributed by atoms with Crippen molar-refractivity contribution in [2.24, 2.45) is 0 Å². The molecule has 0 aromatic heterocycles. The van der Waals surface area contributed by atoms with Crippen molar-refractivity contribution in [2.75, 3.05) is 0 Å². The first-order chi connectivity index (χ1) is 26.7. The van der Waals surface area contributed by atoms with E-state index >= 15 is 13.7 Å².